The molecule has 8 nitrogen and oxygen atoms in total. The fourth-order valence-electron chi connectivity index (χ4n) is 4.07. The molecular weight excluding hydrogens is 384 g/mol. The Morgan fingerprint density at radius 1 is 1.20 bits per heavy atom. The lowest BCUT2D eigenvalue weighted by Crippen LogP contribution is -2.36. The number of benzene rings is 1. The van der Waals surface area contributed by atoms with Gasteiger partial charge in [-0.15, -0.1) is 0 Å². The Hall–Kier alpha value is -2.42. The van der Waals surface area contributed by atoms with Crippen molar-refractivity contribution in [1.82, 2.24) is 19.6 Å². The zero-order chi connectivity index (χ0) is 20.9. The molecule has 8 heteroatoms. The molecule has 3 aromatic rings. The summed E-state index contributed by atoms with van der Waals surface area (Å²) in [6.45, 7) is 3.97. The van der Waals surface area contributed by atoms with E-state index >= 15 is 0 Å². The molecule has 0 atom stereocenters. The number of hydrogen-bond acceptors (Lipinski definition) is 7. The van der Waals surface area contributed by atoms with E-state index < -0.39 is 0 Å². The van der Waals surface area contributed by atoms with Gasteiger partial charge in [-0.1, -0.05) is 5.16 Å². The Labute approximate surface area is 176 Å². The average Bonchev–Trinajstić information content (AvgIpc) is 3.33. The van der Waals surface area contributed by atoms with Gasteiger partial charge in [-0.2, -0.15) is 4.98 Å². The van der Waals surface area contributed by atoms with E-state index in [1.807, 2.05) is 6.07 Å². The summed E-state index contributed by atoms with van der Waals surface area (Å²) < 4.78 is 23.8. The summed E-state index contributed by atoms with van der Waals surface area (Å²) in [5.74, 6) is 2.08. The van der Waals surface area contributed by atoms with Gasteiger partial charge in [0.15, 0.2) is 5.82 Å². The first-order chi connectivity index (χ1) is 14.7. The van der Waals surface area contributed by atoms with Gasteiger partial charge in [-0.05, 0) is 36.6 Å². The number of aryl methyl sites for hydroxylation is 1. The average molecular weight is 415 g/mol. The molecule has 4 rings (SSSR count). The predicted octanol–water partition coefficient (Wildman–Crippen LogP) is 2.94. The first-order valence-electron chi connectivity index (χ1n) is 10.4. The molecular formula is C22H30N4O4. The van der Waals surface area contributed by atoms with E-state index in [0.717, 1.165) is 38.2 Å². The van der Waals surface area contributed by atoms with E-state index in [9.17, 15) is 0 Å². The van der Waals surface area contributed by atoms with Gasteiger partial charge >= 0.3 is 0 Å². The third-order valence-corrected chi connectivity index (χ3v) is 5.66. The highest BCUT2D eigenvalue weighted by atomic mass is 16.5. The fourth-order valence-corrected chi connectivity index (χ4v) is 4.07. The van der Waals surface area contributed by atoms with Crippen LogP contribution in [0.1, 0.15) is 30.1 Å². The lowest BCUT2D eigenvalue weighted by Gasteiger charge is -2.31. The van der Waals surface area contributed by atoms with Gasteiger partial charge in [0.25, 0.3) is 5.89 Å². The molecule has 1 aliphatic heterocycles. The molecule has 0 unspecified atom stereocenters. The van der Waals surface area contributed by atoms with Gasteiger partial charge in [0.2, 0.25) is 0 Å². The second-order valence-electron chi connectivity index (χ2n) is 7.78. The van der Waals surface area contributed by atoms with Crippen LogP contribution < -0.4 is 4.74 Å². The highest BCUT2D eigenvalue weighted by molar-refractivity contribution is 5.85. The third kappa shape index (κ3) is 4.83. The number of rotatable bonds is 9. The van der Waals surface area contributed by atoms with Crippen molar-refractivity contribution in [3.05, 3.63) is 41.7 Å². The Kier molecular flexibility index (Phi) is 6.66. The van der Waals surface area contributed by atoms with Crippen molar-refractivity contribution in [3.8, 4) is 5.75 Å². The minimum Gasteiger partial charge on any atom is -0.497 e. The fraction of sp³-hybridized carbons (Fsp3) is 0.545. The smallest absolute Gasteiger partial charge is 0.252 e. The van der Waals surface area contributed by atoms with Gasteiger partial charge in [0.05, 0.1) is 19.8 Å². The van der Waals surface area contributed by atoms with Crippen LogP contribution in [0.5, 0.6) is 5.75 Å². The van der Waals surface area contributed by atoms with Crippen LogP contribution in [0, 0.1) is 0 Å². The Morgan fingerprint density at radius 2 is 2.03 bits per heavy atom. The number of aromatic nitrogens is 3. The molecule has 0 saturated carbocycles. The molecule has 30 heavy (non-hydrogen) atoms. The predicted molar refractivity (Wildman–Crippen MR) is 112 cm³/mol. The number of methoxy groups -OCH3 is 2. The number of piperidine rings is 1. The molecule has 0 bridgehead atoms. The van der Waals surface area contributed by atoms with E-state index in [1.54, 1.807) is 14.2 Å². The van der Waals surface area contributed by atoms with Crippen LogP contribution in [0.15, 0.2) is 28.9 Å². The van der Waals surface area contributed by atoms with E-state index in [2.05, 4.69) is 45.0 Å². The maximum atomic E-state index is 6.06. The van der Waals surface area contributed by atoms with E-state index in [0.29, 0.717) is 37.5 Å². The number of ether oxygens (including phenoxy) is 3. The van der Waals surface area contributed by atoms with Crippen molar-refractivity contribution in [1.29, 1.82) is 0 Å². The Morgan fingerprint density at radius 3 is 2.80 bits per heavy atom. The zero-order valence-corrected chi connectivity index (χ0v) is 18.0. The third-order valence-electron chi connectivity index (χ3n) is 5.66. The molecule has 1 saturated heterocycles. The Balaban J connectivity index is 1.25. The molecule has 2 aromatic heterocycles. The van der Waals surface area contributed by atoms with Crippen LogP contribution >= 0.6 is 0 Å². The quantitative estimate of drug-likeness (QED) is 0.533. The Bertz CT molecular complexity index is 959. The summed E-state index contributed by atoms with van der Waals surface area (Å²) in [7, 11) is 5.42. The standard InChI is InChI=1S/C22H30N4O4/c1-25-13-16(19-12-18(28-3)4-5-20(19)25)14-26-9-6-17(7-10-26)29-11-8-21-23-22(15-27-2)30-24-21/h4-5,12-13,17H,6-11,14-15H2,1-3H3. The van der Waals surface area contributed by atoms with E-state index in [-0.39, 0.29) is 0 Å². The van der Waals surface area contributed by atoms with Crippen LogP contribution in [-0.4, -0.2) is 59.6 Å². The summed E-state index contributed by atoms with van der Waals surface area (Å²) >= 11 is 0. The lowest BCUT2D eigenvalue weighted by molar-refractivity contribution is 0.00683. The van der Waals surface area contributed by atoms with Crippen molar-refractivity contribution in [2.24, 2.45) is 7.05 Å². The van der Waals surface area contributed by atoms with Crippen molar-refractivity contribution in [3.63, 3.8) is 0 Å². The largest absolute Gasteiger partial charge is 0.497 e. The lowest BCUT2D eigenvalue weighted by atomic mass is 10.1. The molecule has 1 fully saturated rings. The van der Waals surface area contributed by atoms with Crippen LogP contribution in [-0.2, 0) is 36.1 Å². The maximum absolute atomic E-state index is 6.06. The minimum absolute atomic E-state index is 0.291. The van der Waals surface area contributed by atoms with Crippen molar-refractivity contribution < 1.29 is 18.7 Å². The monoisotopic (exact) mass is 414 g/mol. The van der Waals surface area contributed by atoms with Gasteiger partial charge in [0, 0.05) is 57.3 Å². The maximum Gasteiger partial charge on any atom is 0.252 e. The summed E-state index contributed by atoms with van der Waals surface area (Å²) in [6, 6.07) is 6.28. The van der Waals surface area contributed by atoms with Gasteiger partial charge < -0.3 is 23.3 Å². The molecule has 0 radical (unpaired) electrons. The molecule has 0 spiro atoms. The molecule has 0 N–H and O–H groups in total. The summed E-state index contributed by atoms with van der Waals surface area (Å²) in [6.07, 6.45) is 5.25. The molecule has 1 aliphatic rings. The summed E-state index contributed by atoms with van der Waals surface area (Å²) in [5, 5.41) is 5.22. The number of nitrogens with zero attached hydrogens (tertiary/aromatic N) is 4. The molecule has 3 heterocycles. The number of hydrogen-bond donors (Lipinski definition) is 0. The molecule has 0 amide bonds. The van der Waals surface area contributed by atoms with Gasteiger partial charge in [-0.3, -0.25) is 4.90 Å². The summed E-state index contributed by atoms with van der Waals surface area (Å²) in [5.41, 5.74) is 2.58. The van der Waals surface area contributed by atoms with Crippen LogP contribution in [0.2, 0.25) is 0 Å². The number of fused-ring (bicyclic) bond motifs is 1. The second-order valence-corrected chi connectivity index (χ2v) is 7.78. The van der Waals surface area contributed by atoms with Crippen LogP contribution in [0.3, 0.4) is 0 Å². The topological polar surface area (TPSA) is 74.8 Å². The SMILES string of the molecule is COCc1nc(CCOC2CCN(Cc3cn(C)c4ccc(OC)cc34)CC2)no1. The minimum atomic E-state index is 0.291. The van der Waals surface area contributed by atoms with Crippen molar-refractivity contribution in [2.45, 2.75) is 38.5 Å². The van der Waals surface area contributed by atoms with Crippen LogP contribution in [0.25, 0.3) is 10.9 Å². The van der Waals surface area contributed by atoms with Crippen LogP contribution in [0.4, 0.5) is 0 Å². The molecule has 1 aromatic carbocycles. The van der Waals surface area contributed by atoms with E-state index in [1.165, 1.54) is 16.5 Å². The van der Waals surface area contributed by atoms with Crippen molar-refractivity contribution >= 4 is 10.9 Å². The normalized spacial score (nSPS) is 15.8. The zero-order valence-electron chi connectivity index (χ0n) is 18.0. The highest BCUT2D eigenvalue weighted by Gasteiger charge is 2.21. The molecule has 162 valence electrons. The van der Waals surface area contributed by atoms with Gasteiger partial charge in [0.1, 0.15) is 12.4 Å². The summed E-state index contributed by atoms with van der Waals surface area (Å²) in [4.78, 5) is 6.78. The van der Waals surface area contributed by atoms with Crippen molar-refractivity contribution in [2.75, 3.05) is 33.9 Å². The van der Waals surface area contributed by atoms with Gasteiger partial charge in [-0.25, -0.2) is 0 Å². The highest BCUT2D eigenvalue weighted by Crippen LogP contribution is 2.27. The second kappa shape index (κ2) is 9.59. The first-order valence-corrected chi connectivity index (χ1v) is 10.4. The van der Waals surface area contributed by atoms with E-state index in [4.69, 9.17) is 18.7 Å². The number of likely N-dealkylation sites (tertiary alicyclic amines) is 1. The first kappa shape index (κ1) is 20.8. The molecule has 0 aliphatic carbocycles.